The zero-order valence-electron chi connectivity index (χ0n) is 10.0. The van der Waals surface area contributed by atoms with Crippen LogP contribution in [0.2, 0.25) is 0 Å². The number of carboxylic acid groups (broad SMARTS) is 1. The zero-order chi connectivity index (χ0) is 14.1. The van der Waals surface area contributed by atoms with Crippen molar-refractivity contribution in [1.29, 1.82) is 0 Å². The molecule has 0 aliphatic carbocycles. The van der Waals surface area contributed by atoms with Crippen LogP contribution in [0.25, 0.3) is 0 Å². The lowest BCUT2D eigenvalue weighted by atomic mass is 9.93. The zero-order valence-corrected chi connectivity index (χ0v) is 10.9. The van der Waals surface area contributed by atoms with Crippen LogP contribution >= 0.6 is 11.8 Å². The van der Waals surface area contributed by atoms with Crippen molar-refractivity contribution in [3.05, 3.63) is 35.4 Å². The predicted octanol–water partition coefficient (Wildman–Crippen LogP) is 3.60. The van der Waals surface area contributed by atoms with Gasteiger partial charge in [0.1, 0.15) is 4.75 Å². The van der Waals surface area contributed by atoms with E-state index in [2.05, 4.69) is 0 Å². The third-order valence-electron chi connectivity index (χ3n) is 3.24. The van der Waals surface area contributed by atoms with Gasteiger partial charge in [0, 0.05) is 0 Å². The van der Waals surface area contributed by atoms with Crippen LogP contribution in [0.3, 0.4) is 0 Å². The fraction of sp³-hybridized carbons (Fsp3) is 0.462. The first-order valence-corrected chi connectivity index (χ1v) is 6.86. The second-order valence-corrected chi connectivity index (χ2v) is 6.10. The monoisotopic (exact) mass is 290 g/mol. The second kappa shape index (κ2) is 5.07. The first-order valence-electron chi connectivity index (χ1n) is 5.87. The molecule has 104 valence electrons. The fourth-order valence-corrected chi connectivity index (χ4v) is 3.63. The number of alkyl halides is 3. The van der Waals surface area contributed by atoms with Crippen molar-refractivity contribution in [2.24, 2.45) is 0 Å². The minimum absolute atomic E-state index is 0.136. The van der Waals surface area contributed by atoms with E-state index in [0.29, 0.717) is 12.0 Å². The van der Waals surface area contributed by atoms with Crippen molar-refractivity contribution in [2.75, 3.05) is 5.75 Å². The predicted molar refractivity (Wildman–Crippen MR) is 67.2 cm³/mol. The van der Waals surface area contributed by atoms with Crippen LogP contribution in [0.4, 0.5) is 13.2 Å². The maximum Gasteiger partial charge on any atom is 0.416 e. The Kier molecular flexibility index (Phi) is 3.80. The van der Waals surface area contributed by atoms with Crippen molar-refractivity contribution < 1.29 is 23.1 Å². The first-order chi connectivity index (χ1) is 8.83. The normalized spacial score (nSPS) is 23.5. The van der Waals surface area contributed by atoms with Crippen LogP contribution in [0.5, 0.6) is 0 Å². The molecule has 2 rings (SSSR count). The highest BCUT2D eigenvalue weighted by Crippen LogP contribution is 2.41. The van der Waals surface area contributed by atoms with Gasteiger partial charge in [-0.15, -0.1) is 11.8 Å². The van der Waals surface area contributed by atoms with Crippen LogP contribution in [0.1, 0.15) is 24.0 Å². The molecule has 0 bridgehead atoms. The number of halogens is 3. The van der Waals surface area contributed by atoms with Gasteiger partial charge in [-0.25, -0.2) is 0 Å². The molecule has 1 aliphatic heterocycles. The summed E-state index contributed by atoms with van der Waals surface area (Å²) in [5.74, 6) is -0.196. The number of carbonyl (C=O) groups is 1. The molecule has 6 heteroatoms. The van der Waals surface area contributed by atoms with E-state index in [0.717, 1.165) is 24.3 Å². The number of carboxylic acids is 1. The molecule has 0 amide bonds. The summed E-state index contributed by atoms with van der Waals surface area (Å²) in [5, 5.41) is 9.31. The highest BCUT2D eigenvalue weighted by atomic mass is 32.2. The summed E-state index contributed by atoms with van der Waals surface area (Å²) in [4.78, 5) is 11.4. The van der Waals surface area contributed by atoms with E-state index in [1.807, 2.05) is 0 Å². The molecule has 0 aromatic heterocycles. The SMILES string of the molecule is O=C(O)C1(Cc2cccc(C(F)(F)F)c2)CCCS1. The van der Waals surface area contributed by atoms with Crippen LogP contribution in [-0.2, 0) is 17.4 Å². The Hall–Kier alpha value is -1.17. The summed E-state index contributed by atoms with van der Waals surface area (Å²) < 4.78 is 36.9. The smallest absolute Gasteiger partial charge is 0.416 e. The van der Waals surface area contributed by atoms with Gasteiger partial charge in [-0.3, -0.25) is 4.79 Å². The first kappa shape index (κ1) is 14.2. The Balaban J connectivity index is 2.25. The largest absolute Gasteiger partial charge is 0.480 e. The lowest BCUT2D eigenvalue weighted by Gasteiger charge is -2.23. The number of benzene rings is 1. The summed E-state index contributed by atoms with van der Waals surface area (Å²) in [7, 11) is 0. The van der Waals surface area contributed by atoms with Crippen molar-refractivity contribution in [3.8, 4) is 0 Å². The average molecular weight is 290 g/mol. The van der Waals surface area contributed by atoms with Crippen molar-refractivity contribution >= 4 is 17.7 Å². The van der Waals surface area contributed by atoms with Crippen LogP contribution in [0.15, 0.2) is 24.3 Å². The number of hydrogen-bond acceptors (Lipinski definition) is 2. The Labute approximate surface area is 113 Å². The quantitative estimate of drug-likeness (QED) is 0.924. The van der Waals surface area contributed by atoms with Crippen LogP contribution in [-0.4, -0.2) is 21.6 Å². The maximum absolute atomic E-state index is 12.6. The van der Waals surface area contributed by atoms with Gasteiger partial charge in [0.05, 0.1) is 5.56 Å². The second-order valence-electron chi connectivity index (χ2n) is 4.63. The Bertz CT molecular complexity index is 479. The lowest BCUT2D eigenvalue weighted by molar-refractivity contribution is -0.140. The molecule has 2 nitrogen and oxygen atoms in total. The number of rotatable bonds is 3. The van der Waals surface area contributed by atoms with Gasteiger partial charge in [0.25, 0.3) is 0 Å². The van der Waals surface area contributed by atoms with E-state index < -0.39 is 22.5 Å². The molecule has 1 atom stereocenters. The molecule has 0 spiro atoms. The van der Waals surface area contributed by atoms with Gasteiger partial charge in [0.15, 0.2) is 0 Å². The molecule has 0 saturated carbocycles. The fourth-order valence-electron chi connectivity index (χ4n) is 2.27. The van der Waals surface area contributed by atoms with Gasteiger partial charge < -0.3 is 5.11 Å². The average Bonchev–Trinajstić information content (AvgIpc) is 2.78. The van der Waals surface area contributed by atoms with Crippen molar-refractivity contribution in [2.45, 2.75) is 30.2 Å². The minimum Gasteiger partial charge on any atom is -0.480 e. The number of aliphatic carboxylic acids is 1. The number of hydrogen-bond donors (Lipinski definition) is 1. The van der Waals surface area contributed by atoms with Gasteiger partial charge in [-0.05, 0) is 36.6 Å². The van der Waals surface area contributed by atoms with Gasteiger partial charge in [-0.2, -0.15) is 13.2 Å². The number of thioether (sulfide) groups is 1. The lowest BCUT2D eigenvalue weighted by Crippen LogP contribution is -2.34. The summed E-state index contributed by atoms with van der Waals surface area (Å²) in [6, 6.07) is 4.93. The van der Waals surface area contributed by atoms with E-state index >= 15 is 0 Å². The van der Waals surface area contributed by atoms with E-state index in [1.165, 1.54) is 17.8 Å². The van der Waals surface area contributed by atoms with E-state index in [1.54, 1.807) is 6.07 Å². The molecule has 1 unspecified atom stereocenters. The van der Waals surface area contributed by atoms with E-state index in [9.17, 15) is 23.1 Å². The van der Waals surface area contributed by atoms with Crippen LogP contribution < -0.4 is 0 Å². The highest BCUT2D eigenvalue weighted by Gasteiger charge is 2.42. The van der Waals surface area contributed by atoms with Gasteiger partial charge in [0.2, 0.25) is 0 Å². The minimum atomic E-state index is -4.39. The topological polar surface area (TPSA) is 37.3 Å². The molecule has 1 heterocycles. The molecule has 1 aliphatic rings. The molecule has 1 aromatic carbocycles. The van der Waals surface area contributed by atoms with E-state index in [4.69, 9.17) is 0 Å². The molecule has 1 N–H and O–H groups in total. The maximum atomic E-state index is 12.6. The summed E-state index contributed by atoms with van der Waals surface area (Å²) in [6.45, 7) is 0. The summed E-state index contributed by atoms with van der Waals surface area (Å²) in [6.07, 6.45) is -2.97. The van der Waals surface area contributed by atoms with Crippen LogP contribution in [0, 0.1) is 0 Å². The third-order valence-corrected chi connectivity index (χ3v) is 4.81. The van der Waals surface area contributed by atoms with Gasteiger partial charge in [-0.1, -0.05) is 18.2 Å². The standard InChI is InChI=1S/C13H13F3O2S/c14-13(15,16)10-4-1-3-9(7-10)8-12(11(17)18)5-2-6-19-12/h1,3-4,7H,2,5-6,8H2,(H,17,18). The Morgan fingerprint density at radius 2 is 2.16 bits per heavy atom. The Morgan fingerprint density at radius 1 is 1.42 bits per heavy atom. The summed E-state index contributed by atoms with van der Waals surface area (Å²) in [5.41, 5.74) is -0.305. The van der Waals surface area contributed by atoms with Crippen molar-refractivity contribution in [3.63, 3.8) is 0 Å². The molecule has 1 aromatic rings. The Morgan fingerprint density at radius 3 is 2.68 bits per heavy atom. The highest BCUT2D eigenvalue weighted by molar-refractivity contribution is 8.01. The van der Waals surface area contributed by atoms with Crippen molar-refractivity contribution in [1.82, 2.24) is 0 Å². The molecular weight excluding hydrogens is 277 g/mol. The van der Waals surface area contributed by atoms with E-state index in [-0.39, 0.29) is 6.42 Å². The molecular formula is C13H13F3O2S. The third kappa shape index (κ3) is 3.05. The molecule has 1 saturated heterocycles. The molecule has 1 fully saturated rings. The summed E-state index contributed by atoms with van der Waals surface area (Å²) >= 11 is 1.33. The molecule has 19 heavy (non-hydrogen) atoms. The molecule has 0 radical (unpaired) electrons. The van der Waals surface area contributed by atoms with Gasteiger partial charge >= 0.3 is 12.1 Å².